The molecule has 3 rings (SSSR count). The Labute approximate surface area is 160 Å². The minimum absolute atomic E-state index is 0.0664. The van der Waals surface area contributed by atoms with Crippen LogP contribution in [0.15, 0.2) is 34.9 Å². The van der Waals surface area contributed by atoms with Crippen molar-refractivity contribution in [3.63, 3.8) is 0 Å². The lowest BCUT2D eigenvalue weighted by molar-refractivity contribution is -0.119. The fourth-order valence-electron chi connectivity index (χ4n) is 2.76. The summed E-state index contributed by atoms with van der Waals surface area (Å²) >= 11 is 3.51. The predicted octanol–water partition coefficient (Wildman–Crippen LogP) is 4.09. The SMILES string of the molecule is COc1ccc2cc(NC(=O)C(C)Cn3nc(C)c(Br)c3C)cnc2c1. The molecule has 0 radical (unpaired) electrons. The highest BCUT2D eigenvalue weighted by molar-refractivity contribution is 9.10. The second-order valence-electron chi connectivity index (χ2n) is 6.34. The number of nitrogens with zero attached hydrogens (tertiary/aromatic N) is 3. The van der Waals surface area contributed by atoms with Crippen molar-refractivity contribution in [1.29, 1.82) is 0 Å². The molecule has 1 amide bonds. The summed E-state index contributed by atoms with van der Waals surface area (Å²) in [6, 6.07) is 7.57. The summed E-state index contributed by atoms with van der Waals surface area (Å²) in [5.41, 5.74) is 3.43. The number of pyridine rings is 1. The predicted molar refractivity (Wildman–Crippen MR) is 105 cm³/mol. The first-order valence-corrected chi connectivity index (χ1v) is 9.12. The normalized spacial score (nSPS) is 12.2. The monoisotopic (exact) mass is 416 g/mol. The number of hydrogen-bond acceptors (Lipinski definition) is 4. The van der Waals surface area contributed by atoms with Crippen molar-refractivity contribution in [2.45, 2.75) is 27.3 Å². The van der Waals surface area contributed by atoms with Crippen molar-refractivity contribution < 1.29 is 9.53 Å². The highest BCUT2D eigenvalue weighted by atomic mass is 79.9. The van der Waals surface area contributed by atoms with Gasteiger partial charge in [-0.3, -0.25) is 14.5 Å². The standard InChI is InChI=1S/C19H21BrN4O2/c1-11(10-24-13(3)18(20)12(2)23-24)19(25)22-15-7-14-5-6-16(26-4)8-17(14)21-9-15/h5-9,11H,10H2,1-4H3,(H,22,25). The summed E-state index contributed by atoms with van der Waals surface area (Å²) in [7, 11) is 1.62. The maximum absolute atomic E-state index is 12.5. The van der Waals surface area contributed by atoms with Crippen LogP contribution in [0.5, 0.6) is 5.75 Å². The number of benzene rings is 1. The first kappa shape index (κ1) is 18.4. The van der Waals surface area contributed by atoms with Crippen molar-refractivity contribution in [3.05, 3.63) is 46.3 Å². The molecule has 6 nitrogen and oxygen atoms in total. The number of rotatable bonds is 5. The van der Waals surface area contributed by atoms with Crippen molar-refractivity contribution >= 4 is 38.4 Å². The molecule has 0 saturated heterocycles. The van der Waals surface area contributed by atoms with E-state index in [1.807, 2.05) is 49.7 Å². The maximum Gasteiger partial charge on any atom is 0.229 e. The number of methoxy groups -OCH3 is 1. The van der Waals surface area contributed by atoms with E-state index in [4.69, 9.17) is 4.74 Å². The van der Waals surface area contributed by atoms with Gasteiger partial charge in [0.1, 0.15) is 5.75 Å². The summed E-state index contributed by atoms with van der Waals surface area (Å²) in [6.07, 6.45) is 1.66. The van der Waals surface area contributed by atoms with Gasteiger partial charge in [0.05, 0.1) is 47.1 Å². The molecule has 0 fully saturated rings. The highest BCUT2D eigenvalue weighted by Gasteiger charge is 2.17. The average molecular weight is 417 g/mol. The number of nitrogens with one attached hydrogen (secondary N) is 1. The lowest BCUT2D eigenvalue weighted by atomic mass is 10.1. The molecule has 0 aliphatic heterocycles. The Morgan fingerprint density at radius 2 is 2.12 bits per heavy atom. The van der Waals surface area contributed by atoms with Crippen LogP contribution in [0.25, 0.3) is 10.9 Å². The molecule has 0 bridgehead atoms. The average Bonchev–Trinajstić information content (AvgIpc) is 2.88. The Hall–Kier alpha value is -2.41. The van der Waals surface area contributed by atoms with Crippen LogP contribution in [0.1, 0.15) is 18.3 Å². The zero-order chi connectivity index (χ0) is 18.8. The summed E-state index contributed by atoms with van der Waals surface area (Å²) in [5.74, 6) is 0.459. The first-order valence-electron chi connectivity index (χ1n) is 8.33. The van der Waals surface area contributed by atoms with Crippen LogP contribution < -0.4 is 10.1 Å². The molecule has 26 heavy (non-hydrogen) atoms. The van der Waals surface area contributed by atoms with Crippen LogP contribution in [-0.2, 0) is 11.3 Å². The Balaban J connectivity index is 1.72. The summed E-state index contributed by atoms with van der Waals surface area (Å²) in [4.78, 5) is 16.9. The molecule has 1 N–H and O–H groups in total. The molecule has 2 aromatic heterocycles. The van der Waals surface area contributed by atoms with Gasteiger partial charge in [-0.1, -0.05) is 6.92 Å². The van der Waals surface area contributed by atoms with E-state index in [1.165, 1.54) is 0 Å². The number of aromatic nitrogens is 3. The van der Waals surface area contributed by atoms with Crippen molar-refractivity contribution in [2.24, 2.45) is 5.92 Å². The third-order valence-electron chi connectivity index (χ3n) is 4.35. The van der Waals surface area contributed by atoms with Gasteiger partial charge < -0.3 is 10.1 Å². The van der Waals surface area contributed by atoms with Gasteiger partial charge in [-0.05, 0) is 48.0 Å². The number of hydrogen-bond donors (Lipinski definition) is 1. The fourth-order valence-corrected chi connectivity index (χ4v) is 3.04. The minimum atomic E-state index is -0.230. The molecule has 0 saturated carbocycles. The van der Waals surface area contributed by atoms with Gasteiger partial charge in [0.2, 0.25) is 5.91 Å². The maximum atomic E-state index is 12.5. The number of halogens is 1. The Morgan fingerprint density at radius 1 is 1.35 bits per heavy atom. The minimum Gasteiger partial charge on any atom is -0.497 e. The number of ether oxygens (including phenoxy) is 1. The fraction of sp³-hybridized carbons (Fsp3) is 0.316. The lowest BCUT2D eigenvalue weighted by Gasteiger charge is -2.14. The molecule has 0 aliphatic carbocycles. The van der Waals surface area contributed by atoms with Crippen molar-refractivity contribution in [1.82, 2.24) is 14.8 Å². The quantitative estimate of drug-likeness (QED) is 0.679. The van der Waals surface area contributed by atoms with Crippen LogP contribution in [-0.4, -0.2) is 27.8 Å². The van der Waals surface area contributed by atoms with Crippen LogP contribution in [0, 0.1) is 19.8 Å². The van der Waals surface area contributed by atoms with Gasteiger partial charge in [-0.25, -0.2) is 0 Å². The van der Waals surface area contributed by atoms with E-state index in [2.05, 4.69) is 31.3 Å². The Kier molecular flexibility index (Phi) is 5.27. The number of aryl methyl sites for hydroxylation is 1. The van der Waals surface area contributed by atoms with Crippen LogP contribution in [0.2, 0.25) is 0 Å². The largest absolute Gasteiger partial charge is 0.497 e. The summed E-state index contributed by atoms with van der Waals surface area (Å²) in [5, 5.41) is 8.34. The Morgan fingerprint density at radius 3 is 2.77 bits per heavy atom. The topological polar surface area (TPSA) is 69.0 Å². The number of carbonyl (C=O) groups is 1. The smallest absolute Gasteiger partial charge is 0.229 e. The van der Waals surface area contributed by atoms with E-state index in [0.717, 1.165) is 32.5 Å². The molecule has 2 heterocycles. The third kappa shape index (κ3) is 3.72. The zero-order valence-corrected chi connectivity index (χ0v) is 16.8. The molecule has 1 atom stereocenters. The van der Waals surface area contributed by atoms with Gasteiger partial charge in [-0.2, -0.15) is 5.10 Å². The first-order chi connectivity index (χ1) is 12.4. The summed E-state index contributed by atoms with van der Waals surface area (Å²) < 4.78 is 8.04. The van der Waals surface area contributed by atoms with E-state index in [0.29, 0.717) is 12.2 Å². The van der Waals surface area contributed by atoms with E-state index in [-0.39, 0.29) is 11.8 Å². The molecule has 0 spiro atoms. The summed E-state index contributed by atoms with van der Waals surface area (Å²) in [6.45, 7) is 6.33. The van der Waals surface area contributed by atoms with Gasteiger partial charge >= 0.3 is 0 Å². The van der Waals surface area contributed by atoms with Crippen LogP contribution in [0.3, 0.4) is 0 Å². The zero-order valence-electron chi connectivity index (χ0n) is 15.2. The Bertz CT molecular complexity index is 968. The van der Waals surface area contributed by atoms with Gasteiger partial charge in [0.15, 0.2) is 0 Å². The molecule has 7 heteroatoms. The second-order valence-corrected chi connectivity index (χ2v) is 7.13. The van der Waals surface area contributed by atoms with Crippen molar-refractivity contribution in [3.8, 4) is 5.75 Å². The van der Waals surface area contributed by atoms with E-state index in [1.54, 1.807) is 13.3 Å². The van der Waals surface area contributed by atoms with E-state index in [9.17, 15) is 4.79 Å². The molecule has 1 unspecified atom stereocenters. The third-order valence-corrected chi connectivity index (χ3v) is 5.49. The van der Waals surface area contributed by atoms with Crippen LogP contribution >= 0.6 is 15.9 Å². The van der Waals surface area contributed by atoms with Gasteiger partial charge in [0.25, 0.3) is 0 Å². The second kappa shape index (κ2) is 7.45. The van der Waals surface area contributed by atoms with Gasteiger partial charge in [-0.15, -0.1) is 0 Å². The number of amides is 1. The number of carbonyl (C=O) groups excluding carboxylic acids is 1. The number of fused-ring (bicyclic) bond motifs is 1. The molecule has 3 aromatic rings. The van der Waals surface area contributed by atoms with Crippen LogP contribution in [0.4, 0.5) is 5.69 Å². The molecule has 0 aliphatic rings. The van der Waals surface area contributed by atoms with Gasteiger partial charge in [0, 0.05) is 17.1 Å². The van der Waals surface area contributed by atoms with E-state index < -0.39 is 0 Å². The molecule has 1 aromatic carbocycles. The molecular formula is C19H21BrN4O2. The van der Waals surface area contributed by atoms with E-state index >= 15 is 0 Å². The van der Waals surface area contributed by atoms with Crippen molar-refractivity contribution in [2.75, 3.05) is 12.4 Å². The molecular weight excluding hydrogens is 396 g/mol. The number of anilines is 1. The molecule has 136 valence electrons. The highest BCUT2D eigenvalue weighted by Crippen LogP contribution is 2.23. The lowest BCUT2D eigenvalue weighted by Crippen LogP contribution is -2.25.